The summed E-state index contributed by atoms with van der Waals surface area (Å²) in [6.07, 6.45) is 3.71. The maximum absolute atomic E-state index is 12.9. The van der Waals surface area contributed by atoms with Crippen LogP contribution in [-0.2, 0) is 5.75 Å². The van der Waals surface area contributed by atoms with E-state index in [-0.39, 0.29) is 5.78 Å². The zero-order valence-electron chi connectivity index (χ0n) is 13.2. The fourth-order valence-electron chi connectivity index (χ4n) is 2.23. The maximum Gasteiger partial charge on any atom is 0.199 e. The minimum Gasteiger partial charge on any atom is -0.362 e. The second-order valence-corrected chi connectivity index (χ2v) is 7.28. The first-order valence-corrected chi connectivity index (χ1v) is 9.38. The molecule has 0 radical (unpaired) electrons. The molecule has 3 rings (SSSR count). The van der Waals surface area contributed by atoms with Crippen LogP contribution in [0.5, 0.6) is 0 Å². The predicted molar refractivity (Wildman–Crippen MR) is 107 cm³/mol. The van der Waals surface area contributed by atoms with Crippen molar-refractivity contribution in [3.8, 4) is 0 Å². The first kappa shape index (κ1) is 17.9. The minimum absolute atomic E-state index is 0.0229. The number of aromatic amines is 1. The number of aromatic nitrogens is 1. The number of carbonyl (C=O) groups excluding carboxylic acids is 1. The third-order valence-corrected chi connectivity index (χ3v) is 5.14. The third kappa shape index (κ3) is 5.02. The van der Waals surface area contributed by atoms with Gasteiger partial charge in [0, 0.05) is 33.3 Å². The van der Waals surface area contributed by atoms with Gasteiger partial charge in [-0.15, -0.1) is 11.8 Å². The van der Waals surface area contributed by atoms with Gasteiger partial charge in [0.25, 0.3) is 0 Å². The molecule has 0 aliphatic heterocycles. The molecule has 0 aliphatic rings. The summed E-state index contributed by atoms with van der Waals surface area (Å²) in [7, 11) is 0. The predicted octanol–water partition coefficient (Wildman–Crippen LogP) is 6.48. The summed E-state index contributed by atoms with van der Waals surface area (Å²) in [6.45, 7) is 0. The molecule has 0 fully saturated rings. The fraction of sp³-hybridized carbons (Fsp3) is 0.0500. The van der Waals surface area contributed by atoms with Crippen molar-refractivity contribution in [2.24, 2.45) is 0 Å². The highest BCUT2D eigenvalue weighted by Gasteiger charge is 2.14. The Bertz CT molecular complexity index is 869. The van der Waals surface area contributed by atoms with Crippen molar-refractivity contribution in [2.75, 3.05) is 0 Å². The van der Waals surface area contributed by atoms with Gasteiger partial charge >= 0.3 is 0 Å². The summed E-state index contributed by atoms with van der Waals surface area (Å²) in [5, 5.41) is 1.31. The van der Waals surface area contributed by atoms with E-state index in [1.165, 1.54) is 11.8 Å². The van der Waals surface area contributed by atoms with Gasteiger partial charge in [0.1, 0.15) is 0 Å². The van der Waals surface area contributed by atoms with Gasteiger partial charge in [0.05, 0.1) is 4.91 Å². The molecule has 2 aromatic carbocycles. The van der Waals surface area contributed by atoms with Crippen LogP contribution in [0.4, 0.5) is 0 Å². The molecule has 2 nitrogen and oxygen atoms in total. The van der Waals surface area contributed by atoms with Gasteiger partial charge < -0.3 is 4.98 Å². The quantitative estimate of drug-likeness (QED) is 0.387. The summed E-state index contributed by atoms with van der Waals surface area (Å²) in [5.41, 5.74) is 2.61. The van der Waals surface area contributed by atoms with Crippen LogP contribution >= 0.6 is 35.0 Å². The lowest BCUT2D eigenvalue weighted by Crippen LogP contribution is -2.01. The second kappa shape index (κ2) is 8.43. The van der Waals surface area contributed by atoms with E-state index in [1.807, 2.05) is 48.7 Å². The summed E-state index contributed by atoms with van der Waals surface area (Å²) in [6, 6.07) is 18.4. The molecule has 3 aromatic rings. The van der Waals surface area contributed by atoms with Crippen LogP contribution in [0.25, 0.3) is 6.08 Å². The number of hydrogen-bond acceptors (Lipinski definition) is 2. The Hall–Kier alpha value is -1.94. The van der Waals surface area contributed by atoms with Crippen LogP contribution in [0.3, 0.4) is 0 Å². The summed E-state index contributed by atoms with van der Waals surface area (Å²) >= 11 is 13.3. The third-order valence-electron chi connectivity index (χ3n) is 3.55. The molecule has 0 amide bonds. The fourth-order valence-corrected chi connectivity index (χ4v) is 3.46. The Balaban J connectivity index is 1.83. The molecular formula is C20H15Cl2NOS. The van der Waals surface area contributed by atoms with E-state index >= 15 is 0 Å². The molecular weight excluding hydrogens is 373 g/mol. The number of rotatable bonds is 6. The first-order valence-electron chi connectivity index (χ1n) is 7.64. The van der Waals surface area contributed by atoms with Crippen LogP contribution in [0, 0.1) is 0 Å². The lowest BCUT2D eigenvalue weighted by Gasteiger charge is -2.07. The Morgan fingerprint density at radius 2 is 1.60 bits per heavy atom. The van der Waals surface area contributed by atoms with Crippen LogP contribution in [-0.4, -0.2) is 10.8 Å². The van der Waals surface area contributed by atoms with Gasteiger partial charge in [-0.3, -0.25) is 4.79 Å². The van der Waals surface area contributed by atoms with Crippen molar-refractivity contribution in [3.63, 3.8) is 0 Å². The lowest BCUT2D eigenvalue weighted by molar-refractivity contribution is 0.104. The average Bonchev–Trinajstić information content (AvgIpc) is 3.13. The number of thioether (sulfide) groups is 1. The smallest absolute Gasteiger partial charge is 0.199 e. The van der Waals surface area contributed by atoms with Crippen molar-refractivity contribution in [1.82, 2.24) is 4.98 Å². The summed E-state index contributed by atoms with van der Waals surface area (Å²) in [5.74, 6) is 0.661. The number of benzene rings is 2. The monoisotopic (exact) mass is 387 g/mol. The van der Waals surface area contributed by atoms with Crippen molar-refractivity contribution in [1.29, 1.82) is 0 Å². The van der Waals surface area contributed by atoms with Crippen molar-refractivity contribution < 1.29 is 4.79 Å². The number of halogens is 2. The molecule has 1 heterocycles. The molecule has 0 saturated carbocycles. The maximum atomic E-state index is 12.9. The van der Waals surface area contributed by atoms with E-state index in [4.69, 9.17) is 23.2 Å². The molecule has 0 bridgehead atoms. The Kier molecular flexibility index (Phi) is 6.03. The topological polar surface area (TPSA) is 32.9 Å². The number of allylic oxidation sites excluding steroid dienone is 1. The highest BCUT2D eigenvalue weighted by molar-refractivity contribution is 8.03. The van der Waals surface area contributed by atoms with Gasteiger partial charge in [-0.05, 0) is 60.2 Å². The van der Waals surface area contributed by atoms with Crippen molar-refractivity contribution >= 4 is 46.8 Å². The molecule has 0 atom stereocenters. The first-order chi connectivity index (χ1) is 12.1. The standard InChI is InChI=1S/C20H15Cl2NOS/c21-16-7-3-14(4-8-16)13-25-19(12-18-2-1-11-23-18)20(24)15-5-9-17(22)10-6-15/h1-12,23H,13H2/b19-12+. The number of ketones is 1. The molecule has 0 aliphatic carbocycles. The largest absolute Gasteiger partial charge is 0.362 e. The molecule has 0 saturated heterocycles. The van der Waals surface area contributed by atoms with E-state index in [0.717, 1.165) is 11.3 Å². The SMILES string of the molecule is O=C(/C(=C\c1ccc[nH]1)SCc1ccc(Cl)cc1)c1ccc(Cl)cc1. The highest BCUT2D eigenvalue weighted by atomic mass is 35.5. The van der Waals surface area contributed by atoms with E-state index in [0.29, 0.717) is 26.3 Å². The molecule has 0 spiro atoms. The van der Waals surface area contributed by atoms with E-state index in [2.05, 4.69) is 4.98 Å². The number of hydrogen-bond donors (Lipinski definition) is 1. The number of nitrogens with one attached hydrogen (secondary N) is 1. The summed E-state index contributed by atoms with van der Waals surface area (Å²) < 4.78 is 0. The lowest BCUT2D eigenvalue weighted by atomic mass is 10.1. The molecule has 126 valence electrons. The van der Waals surface area contributed by atoms with Gasteiger partial charge in [-0.25, -0.2) is 0 Å². The summed E-state index contributed by atoms with van der Waals surface area (Å²) in [4.78, 5) is 16.7. The van der Waals surface area contributed by atoms with Crippen LogP contribution in [0.1, 0.15) is 21.6 Å². The Morgan fingerprint density at radius 1 is 0.960 bits per heavy atom. The Morgan fingerprint density at radius 3 is 2.20 bits per heavy atom. The number of H-pyrrole nitrogens is 1. The molecule has 5 heteroatoms. The molecule has 25 heavy (non-hydrogen) atoms. The minimum atomic E-state index is -0.0229. The zero-order chi connectivity index (χ0) is 17.6. The number of carbonyl (C=O) groups is 1. The van der Waals surface area contributed by atoms with Gasteiger partial charge in [0.15, 0.2) is 5.78 Å². The average molecular weight is 388 g/mol. The van der Waals surface area contributed by atoms with E-state index < -0.39 is 0 Å². The Labute approximate surface area is 160 Å². The van der Waals surface area contributed by atoms with Gasteiger partial charge in [-0.2, -0.15) is 0 Å². The van der Waals surface area contributed by atoms with Gasteiger partial charge in [0.2, 0.25) is 0 Å². The highest BCUT2D eigenvalue weighted by Crippen LogP contribution is 2.28. The van der Waals surface area contributed by atoms with Crippen LogP contribution < -0.4 is 0 Å². The van der Waals surface area contributed by atoms with Crippen LogP contribution in [0.15, 0.2) is 71.8 Å². The molecule has 0 unspecified atom stereocenters. The van der Waals surface area contributed by atoms with Gasteiger partial charge in [-0.1, -0.05) is 35.3 Å². The molecule has 1 N–H and O–H groups in total. The van der Waals surface area contributed by atoms with Crippen molar-refractivity contribution in [3.05, 3.63) is 98.6 Å². The number of Topliss-reactive ketones (excluding diaryl/α,β-unsaturated/α-hetero) is 1. The second-order valence-electron chi connectivity index (χ2n) is 5.39. The molecule has 1 aromatic heterocycles. The zero-order valence-corrected chi connectivity index (χ0v) is 15.5. The van der Waals surface area contributed by atoms with Crippen molar-refractivity contribution in [2.45, 2.75) is 5.75 Å². The van der Waals surface area contributed by atoms with E-state index in [9.17, 15) is 4.79 Å². The normalized spacial score (nSPS) is 11.5. The van der Waals surface area contributed by atoms with E-state index in [1.54, 1.807) is 24.3 Å². The van der Waals surface area contributed by atoms with Crippen LogP contribution in [0.2, 0.25) is 10.0 Å².